The Hall–Kier alpha value is -3.29. The van der Waals surface area contributed by atoms with Crippen molar-refractivity contribution in [2.24, 2.45) is 0 Å². The van der Waals surface area contributed by atoms with Crippen molar-refractivity contribution in [3.05, 3.63) is 93.3 Å². The van der Waals surface area contributed by atoms with Crippen LogP contribution >= 0.6 is 11.6 Å². The largest absolute Gasteiger partial charge is 0.351 e. The minimum absolute atomic E-state index is 0.0998. The molecule has 4 nitrogen and oxygen atoms in total. The molecule has 1 aromatic heterocycles. The Bertz CT molecular complexity index is 1150. The number of amides is 1. The van der Waals surface area contributed by atoms with E-state index < -0.39 is 0 Å². The van der Waals surface area contributed by atoms with Gasteiger partial charge in [-0.05, 0) is 74.6 Å². The number of rotatable bonds is 7. The van der Waals surface area contributed by atoms with Crippen molar-refractivity contribution in [3.8, 4) is 11.8 Å². The summed E-state index contributed by atoms with van der Waals surface area (Å²) < 4.78 is 2.10. The molecule has 0 fully saturated rings. The van der Waals surface area contributed by atoms with E-state index in [0.29, 0.717) is 11.6 Å². The predicted molar refractivity (Wildman–Crippen MR) is 126 cm³/mol. The SMILES string of the molecule is Cc1c(Cl)cccc1-n1c(C)cc(/C=C(/C#N)C(=O)NCCCc2ccccc2)c1C. The fourth-order valence-corrected chi connectivity index (χ4v) is 3.85. The summed E-state index contributed by atoms with van der Waals surface area (Å²) in [4.78, 5) is 12.5. The molecule has 158 valence electrons. The van der Waals surface area contributed by atoms with E-state index in [1.54, 1.807) is 6.08 Å². The molecule has 1 amide bonds. The Labute approximate surface area is 188 Å². The highest BCUT2D eigenvalue weighted by molar-refractivity contribution is 6.31. The van der Waals surface area contributed by atoms with Gasteiger partial charge in [-0.2, -0.15) is 5.26 Å². The molecule has 0 saturated heterocycles. The zero-order valence-corrected chi connectivity index (χ0v) is 18.8. The normalized spacial score (nSPS) is 11.3. The molecule has 2 aromatic carbocycles. The van der Waals surface area contributed by atoms with E-state index in [2.05, 4.69) is 22.0 Å². The Morgan fingerprint density at radius 3 is 2.58 bits per heavy atom. The molecule has 0 radical (unpaired) electrons. The van der Waals surface area contributed by atoms with Gasteiger partial charge in [-0.25, -0.2) is 0 Å². The maximum atomic E-state index is 12.5. The second kappa shape index (κ2) is 10.1. The summed E-state index contributed by atoms with van der Waals surface area (Å²) >= 11 is 6.30. The predicted octanol–water partition coefficient (Wildman–Crippen LogP) is 5.71. The van der Waals surface area contributed by atoms with Gasteiger partial charge in [0.2, 0.25) is 0 Å². The Balaban J connectivity index is 1.74. The van der Waals surface area contributed by atoms with E-state index in [1.165, 1.54) is 5.56 Å². The van der Waals surface area contributed by atoms with Gasteiger partial charge in [0.25, 0.3) is 5.91 Å². The minimum Gasteiger partial charge on any atom is -0.351 e. The molecule has 1 N–H and O–H groups in total. The third kappa shape index (κ3) is 5.25. The van der Waals surface area contributed by atoms with Crippen LogP contribution in [0.4, 0.5) is 0 Å². The lowest BCUT2D eigenvalue weighted by atomic mass is 10.1. The summed E-state index contributed by atoms with van der Waals surface area (Å²) in [5.41, 5.74) is 6.11. The van der Waals surface area contributed by atoms with E-state index in [0.717, 1.165) is 41.0 Å². The van der Waals surface area contributed by atoms with Crippen molar-refractivity contribution in [1.29, 1.82) is 5.26 Å². The van der Waals surface area contributed by atoms with E-state index in [4.69, 9.17) is 11.6 Å². The Kier molecular flexibility index (Phi) is 7.33. The smallest absolute Gasteiger partial charge is 0.261 e. The molecule has 0 bridgehead atoms. The fourth-order valence-electron chi connectivity index (χ4n) is 3.68. The van der Waals surface area contributed by atoms with Crippen LogP contribution in [0.25, 0.3) is 11.8 Å². The fraction of sp³-hybridized carbons (Fsp3) is 0.231. The van der Waals surface area contributed by atoms with Gasteiger partial charge in [-0.1, -0.05) is 48.0 Å². The van der Waals surface area contributed by atoms with Crippen molar-refractivity contribution in [2.75, 3.05) is 6.54 Å². The van der Waals surface area contributed by atoms with Crippen LogP contribution in [-0.4, -0.2) is 17.0 Å². The van der Waals surface area contributed by atoms with Crippen LogP contribution in [0.2, 0.25) is 5.02 Å². The van der Waals surface area contributed by atoms with E-state index in [9.17, 15) is 10.1 Å². The summed E-state index contributed by atoms with van der Waals surface area (Å²) in [5.74, 6) is -0.348. The number of aryl methyl sites for hydroxylation is 2. The molecule has 0 aliphatic carbocycles. The van der Waals surface area contributed by atoms with Crippen molar-refractivity contribution in [3.63, 3.8) is 0 Å². The van der Waals surface area contributed by atoms with Crippen LogP contribution < -0.4 is 5.32 Å². The molecule has 0 unspecified atom stereocenters. The number of nitrogens with one attached hydrogen (secondary N) is 1. The number of hydrogen-bond donors (Lipinski definition) is 1. The second-order valence-electron chi connectivity index (χ2n) is 7.56. The topological polar surface area (TPSA) is 57.8 Å². The van der Waals surface area contributed by atoms with Crippen LogP contribution in [0.15, 0.2) is 60.2 Å². The maximum absolute atomic E-state index is 12.5. The quantitative estimate of drug-likeness (QED) is 0.296. The second-order valence-corrected chi connectivity index (χ2v) is 7.97. The molecule has 0 atom stereocenters. The number of nitriles is 1. The lowest BCUT2D eigenvalue weighted by Gasteiger charge is -2.13. The molecular formula is C26H26ClN3O. The number of aromatic nitrogens is 1. The monoisotopic (exact) mass is 431 g/mol. The standard InChI is InChI=1S/C26H26ClN3O/c1-18-15-22(20(3)30(18)25-13-7-12-24(27)19(25)2)16-23(17-28)26(31)29-14-8-11-21-9-5-4-6-10-21/h4-7,9-10,12-13,15-16H,8,11,14H2,1-3H3,(H,29,31)/b23-16-. The molecule has 31 heavy (non-hydrogen) atoms. The number of benzene rings is 2. The summed E-state index contributed by atoms with van der Waals surface area (Å²) in [6.45, 7) is 6.48. The number of nitrogens with zero attached hydrogens (tertiary/aromatic N) is 2. The summed E-state index contributed by atoms with van der Waals surface area (Å²) in [6, 6.07) is 20.0. The van der Waals surface area contributed by atoms with Gasteiger partial charge in [0, 0.05) is 28.6 Å². The van der Waals surface area contributed by atoms with Crippen molar-refractivity contribution in [2.45, 2.75) is 33.6 Å². The van der Waals surface area contributed by atoms with Gasteiger partial charge in [-0.15, -0.1) is 0 Å². The van der Waals surface area contributed by atoms with Crippen molar-refractivity contribution >= 4 is 23.6 Å². The molecular weight excluding hydrogens is 406 g/mol. The summed E-state index contributed by atoms with van der Waals surface area (Å²) in [6.07, 6.45) is 3.36. The lowest BCUT2D eigenvalue weighted by Crippen LogP contribution is -2.25. The number of halogens is 1. The maximum Gasteiger partial charge on any atom is 0.261 e. The first-order valence-electron chi connectivity index (χ1n) is 10.3. The van der Waals surface area contributed by atoms with Crippen LogP contribution in [0, 0.1) is 32.1 Å². The minimum atomic E-state index is -0.348. The highest BCUT2D eigenvalue weighted by Gasteiger charge is 2.15. The molecule has 0 saturated carbocycles. The molecule has 0 aliphatic rings. The first kappa shape index (κ1) is 22.4. The van der Waals surface area contributed by atoms with Gasteiger partial charge < -0.3 is 9.88 Å². The van der Waals surface area contributed by atoms with Crippen LogP contribution in [0.5, 0.6) is 0 Å². The molecule has 3 rings (SSSR count). The van der Waals surface area contributed by atoms with E-state index >= 15 is 0 Å². The van der Waals surface area contributed by atoms with Gasteiger partial charge in [0.05, 0.1) is 0 Å². The molecule has 0 aliphatic heterocycles. The van der Waals surface area contributed by atoms with E-state index in [1.807, 2.05) is 69.3 Å². The number of carbonyl (C=O) groups excluding carboxylic acids is 1. The van der Waals surface area contributed by atoms with Crippen molar-refractivity contribution in [1.82, 2.24) is 9.88 Å². The Morgan fingerprint density at radius 2 is 1.87 bits per heavy atom. The highest BCUT2D eigenvalue weighted by Crippen LogP contribution is 2.28. The first-order valence-corrected chi connectivity index (χ1v) is 10.7. The van der Waals surface area contributed by atoms with E-state index in [-0.39, 0.29) is 11.5 Å². The van der Waals surface area contributed by atoms with Crippen LogP contribution in [-0.2, 0) is 11.2 Å². The highest BCUT2D eigenvalue weighted by atomic mass is 35.5. The zero-order chi connectivity index (χ0) is 22.4. The summed E-state index contributed by atoms with van der Waals surface area (Å²) in [7, 11) is 0. The van der Waals surface area contributed by atoms with Crippen LogP contribution in [0.1, 0.15) is 34.5 Å². The first-order chi connectivity index (χ1) is 14.9. The molecule has 5 heteroatoms. The molecule has 1 heterocycles. The third-order valence-electron chi connectivity index (χ3n) is 5.39. The number of carbonyl (C=O) groups is 1. The molecule has 3 aromatic rings. The van der Waals surface area contributed by atoms with Gasteiger partial charge >= 0.3 is 0 Å². The average Bonchev–Trinajstić information content (AvgIpc) is 3.05. The van der Waals surface area contributed by atoms with Gasteiger partial charge in [0.15, 0.2) is 0 Å². The van der Waals surface area contributed by atoms with Gasteiger partial charge in [-0.3, -0.25) is 4.79 Å². The number of hydrogen-bond acceptors (Lipinski definition) is 2. The Morgan fingerprint density at radius 1 is 1.13 bits per heavy atom. The average molecular weight is 432 g/mol. The summed E-state index contributed by atoms with van der Waals surface area (Å²) in [5, 5.41) is 13.1. The van der Waals surface area contributed by atoms with Gasteiger partial charge in [0.1, 0.15) is 11.6 Å². The van der Waals surface area contributed by atoms with Crippen molar-refractivity contribution < 1.29 is 4.79 Å². The van der Waals surface area contributed by atoms with Crippen LogP contribution in [0.3, 0.4) is 0 Å². The third-order valence-corrected chi connectivity index (χ3v) is 5.80. The molecule has 0 spiro atoms. The lowest BCUT2D eigenvalue weighted by molar-refractivity contribution is -0.117. The zero-order valence-electron chi connectivity index (χ0n) is 18.1.